The smallest absolute Gasteiger partial charge is 0.172 e. The highest BCUT2D eigenvalue weighted by Crippen LogP contribution is 2.27. The number of thiophene rings is 1. The zero-order chi connectivity index (χ0) is 12.1. The molecule has 0 N–H and O–H groups in total. The molecule has 2 aromatic heterocycles. The van der Waals surface area contributed by atoms with Crippen molar-refractivity contribution in [3.05, 3.63) is 28.6 Å². The monoisotopic (exact) mass is 301 g/mol. The first kappa shape index (κ1) is 13.1. The van der Waals surface area contributed by atoms with E-state index in [0.717, 1.165) is 25.6 Å². The number of thioether (sulfide) groups is 1. The van der Waals surface area contributed by atoms with Gasteiger partial charge in [0.25, 0.3) is 0 Å². The minimum absolute atomic E-state index is 0.245. The van der Waals surface area contributed by atoms with Crippen LogP contribution >= 0.6 is 47.1 Å². The maximum absolute atomic E-state index is 11.7. The molecular weight excluding hydrogens is 290 g/mol. The lowest BCUT2D eigenvalue weighted by Crippen LogP contribution is -1.96. The van der Waals surface area contributed by atoms with E-state index < -0.39 is 0 Å². The quantitative estimate of drug-likeness (QED) is 0.374. The molecule has 0 fully saturated rings. The number of nitrogens with zero attached hydrogens (tertiary/aromatic N) is 1. The molecule has 0 amide bonds. The molecule has 17 heavy (non-hydrogen) atoms. The van der Waals surface area contributed by atoms with Gasteiger partial charge in [-0.15, -0.1) is 35.3 Å². The van der Waals surface area contributed by atoms with Crippen molar-refractivity contribution in [3.63, 3.8) is 0 Å². The number of Topliss-reactive ketones (excluding diaryl/α,β-unsaturated/α-hetero) is 1. The number of carbonyl (C=O) groups excluding carboxylic acids is 1. The van der Waals surface area contributed by atoms with Gasteiger partial charge in [-0.25, -0.2) is 4.98 Å². The summed E-state index contributed by atoms with van der Waals surface area (Å²) in [6.45, 7) is 0. The normalized spacial score (nSPS) is 10.6. The van der Waals surface area contributed by atoms with Gasteiger partial charge in [-0.05, 0) is 17.9 Å². The lowest BCUT2D eigenvalue weighted by atomic mass is 10.2. The van der Waals surface area contributed by atoms with Gasteiger partial charge in [0.1, 0.15) is 0 Å². The van der Waals surface area contributed by atoms with Crippen molar-refractivity contribution < 1.29 is 4.79 Å². The van der Waals surface area contributed by atoms with E-state index in [-0.39, 0.29) is 5.78 Å². The number of rotatable bonds is 6. The van der Waals surface area contributed by atoms with Crippen LogP contribution in [0.2, 0.25) is 0 Å². The van der Waals surface area contributed by atoms with E-state index in [1.54, 1.807) is 29.3 Å². The van der Waals surface area contributed by atoms with E-state index in [9.17, 15) is 4.79 Å². The summed E-state index contributed by atoms with van der Waals surface area (Å²) in [4.78, 5) is 16.8. The Balaban J connectivity index is 1.68. The van der Waals surface area contributed by atoms with Gasteiger partial charge in [0.2, 0.25) is 0 Å². The van der Waals surface area contributed by atoms with Crippen LogP contribution < -0.4 is 0 Å². The SMILES string of the molecule is O=C(CCCSc1ncc(S)s1)c1cccs1. The molecule has 0 aliphatic rings. The first-order valence-electron chi connectivity index (χ1n) is 5.10. The Hall–Kier alpha value is -0.300. The molecule has 0 atom stereocenters. The van der Waals surface area contributed by atoms with Gasteiger partial charge in [0, 0.05) is 12.2 Å². The summed E-state index contributed by atoms with van der Waals surface area (Å²) >= 11 is 8.99. The van der Waals surface area contributed by atoms with E-state index in [0.29, 0.717) is 6.42 Å². The number of carbonyl (C=O) groups is 1. The predicted octanol–water partition coefficient (Wildman–Crippen LogP) is 4.25. The fraction of sp³-hybridized carbons (Fsp3) is 0.273. The highest BCUT2D eigenvalue weighted by atomic mass is 32.2. The first-order valence-corrected chi connectivity index (χ1v) is 8.23. The molecule has 2 nitrogen and oxygen atoms in total. The van der Waals surface area contributed by atoms with Crippen LogP contribution in [0.3, 0.4) is 0 Å². The minimum Gasteiger partial charge on any atom is -0.293 e. The zero-order valence-corrected chi connectivity index (χ0v) is 12.3. The molecule has 0 radical (unpaired) electrons. The van der Waals surface area contributed by atoms with Gasteiger partial charge < -0.3 is 0 Å². The molecule has 0 spiro atoms. The second-order valence-corrected chi connectivity index (χ2v) is 7.42. The van der Waals surface area contributed by atoms with Crippen molar-refractivity contribution in [2.45, 2.75) is 21.4 Å². The number of thiazole rings is 1. The standard InChI is InChI=1S/C11H11NOS4/c13-8(9-4-2-5-15-9)3-1-6-16-11-12-7-10(14)17-11/h2,4-5,7,14H,1,3,6H2. The summed E-state index contributed by atoms with van der Waals surface area (Å²) in [5.74, 6) is 1.17. The van der Waals surface area contributed by atoms with Crippen LogP contribution in [0.25, 0.3) is 0 Å². The van der Waals surface area contributed by atoms with Crippen LogP contribution in [-0.4, -0.2) is 16.5 Å². The molecule has 0 saturated heterocycles. The second kappa shape index (κ2) is 6.58. The summed E-state index contributed by atoms with van der Waals surface area (Å²) in [6.07, 6.45) is 3.27. The van der Waals surface area contributed by atoms with Crippen molar-refractivity contribution in [1.82, 2.24) is 4.98 Å². The molecule has 0 saturated carbocycles. The lowest BCUT2D eigenvalue weighted by molar-refractivity contribution is 0.0986. The zero-order valence-electron chi connectivity index (χ0n) is 8.96. The largest absolute Gasteiger partial charge is 0.293 e. The number of ketones is 1. The van der Waals surface area contributed by atoms with Crippen LogP contribution in [0.1, 0.15) is 22.5 Å². The molecule has 2 rings (SSSR count). The van der Waals surface area contributed by atoms with E-state index in [1.807, 2.05) is 17.5 Å². The average molecular weight is 301 g/mol. The van der Waals surface area contributed by atoms with Crippen molar-refractivity contribution >= 4 is 52.8 Å². The molecule has 90 valence electrons. The van der Waals surface area contributed by atoms with Gasteiger partial charge >= 0.3 is 0 Å². The molecule has 0 bridgehead atoms. The Morgan fingerprint density at radius 2 is 2.41 bits per heavy atom. The van der Waals surface area contributed by atoms with Crippen LogP contribution in [0.4, 0.5) is 0 Å². The summed E-state index contributed by atoms with van der Waals surface area (Å²) < 4.78 is 1.96. The molecular formula is C11H11NOS4. The van der Waals surface area contributed by atoms with Crippen LogP contribution in [0.15, 0.2) is 32.3 Å². The van der Waals surface area contributed by atoms with E-state index in [1.165, 1.54) is 11.3 Å². The van der Waals surface area contributed by atoms with Crippen molar-refractivity contribution in [3.8, 4) is 0 Å². The highest BCUT2D eigenvalue weighted by molar-refractivity contribution is 8.01. The average Bonchev–Trinajstić information content (AvgIpc) is 2.95. The maximum atomic E-state index is 11.7. The predicted molar refractivity (Wildman–Crippen MR) is 78.0 cm³/mol. The van der Waals surface area contributed by atoms with Crippen LogP contribution in [-0.2, 0) is 0 Å². The molecule has 0 aromatic carbocycles. The Morgan fingerprint density at radius 3 is 3.06 bits per heavy atom. The topological polar surface area (TPSA) is 30.0 Å². The third-order valence-electron chi connectivity index (χ3n) is 2.04. The Bertz CT molecular complexity index is 477. The Morgan fingerprint density at radius 1 is 1.53 bits per heavy atom. The van der Waals surface area contributed by atoms with Crippen LogP contribution in [0, 0.1) is 0 Å². The summed E-state index contributed by atoms with van der Waals surface area (Å²) in [7, 11) is 0. The number of aromatic nitrogens is 1. The molecule has 6 heteroatoms. The molecule has 0 unspecified atom stereocenters. The fourth-order valence-corrected chi connectivity index (χ4v) is 4.20. The Kier molecular flexibility index (Phi) is 5.09. The molecule has 2 aromatic rings. The number of hydrogen-bond acceptors (Lipinski definition) is 6. The lowest BCUT2D eigenvalue weighted by Gasteiger charge is -1.97. The van der Waals surface area contributed by atoms with Crippen molar-refractivity contribution in [2.75, 3.05) is 5.75 Å². The number of thiol groups is 1. The Labute approximate surface area is 118 Å². The van der Waals surface area contributed by atoms with Gasteiger partial charge in [0.15, 0.2) is 10.1 Å². The van der Waals surface area contributed by atoms with Gasteiger partial charge in [-0.2, -0.15) is 0 Å². The third kappa shape index (κ3) is 4.13. The number of hydrogen-bond donors (Lipinski definition) is 1. The molecule has 0 aliphatic heterocycles. The maximum Gasteiger partial charge on any atom is 0.172 e. The molecule has 0 aliphatic carbocycles. The summed E-state index contributed by atoms with van der Waals surface area (Å²) in [5.41, 5.74) is 0. The fourth-order valence-electron chi connectivity index (χ4n) is 1.27. The summed E-state index contributed by atoms with van der Waals surface area (Å²) in [6, 6.07) is 3.80. The molecule has 2 heterocycles. The second-order valence-electron chi connectivity index (χ2n) is 3.32. The van der Waals surface area contributed by atoms with E-state index in [2.05, 4.69) is 17.6 Å². The third-order valence-corrected chi connectivity index (χ3v) is 5.39. The van der Waals surface area contributed by atoms with Gasteiger partial charge in [-0.3, -0.25) is 4.79 Å². The van der Waals surface area contributed by atoms with Gasteiger partial charge in [0.05, 0.1) is 15.3 Å². The first-order chi connectivity index (χ1) is 8.25. The van der Waals surface area contributed by atoms with Gasteiger partial charge in [-0.1, -0.05) is 17.8 Å². The van der Waals surface area contributed by atoms with E-state index >= 15 is 0 Å². The highest BCUT2D eigenvalue weighted by Gasteiger charge is 2.06. The van der Waals surface area contributed by atoms with Crippen LogP contribution in [0.5, 0.6) is 0 Å². The van der Waals surface area contributed by atoms with Crippen molar-refractivity contribution in [2.24, 2.45) is 0 Å². The minimum atomic E-state index is 0.245. The summed E-state index contributed by atoms with van der Waals surface area (Å²) in [5, 5.41) is 1.94. The van der Waals surface area contributed by atoms with E-state index in [4.69, 9.17) is 0 Å². The van der Waals surface area contributed by atoms with Crippen molar-refractivity contribution in [1.29, 1.82) is 0 Å².